The number of methoxy groups -OCH3 is 2. The number of hydrogen-bond donors (Lipinski definition) is 1. The summed E-state index contributed by atoms with van der Waals surface area (Å²) in [4.78, 5) is 28.1. The summed E-state index contributed by atoms with van der Waals surface area (Å²) in [5.41, 5.74) is 1.60. The number of benzene rings is 3. The van der Waals surface area contributed by atoms with E-state index in [9.17, 15) is 14.0 Å². The molecule has 2 amide bonds. The smallest absolute Gasteiger partial charge is 0.261 e. The van der Waals surface area contributed by atoms with Crippen molar-refractivity contribution in [3.63, 3.8) is 0 Å². The zero-order chi connectivity index (χ0) is 25.9. The largest absolute Gasteiger partial charge is 0.496 e. The highest BCUT2D eigenvalue weighted by molar-refractivity contribution is 5.88. The molecular formula is C28H31FN2O5. The van der Waals surface area contributed by atoms with Gasteiger partial charge < -0.3 is 24.4 Å². The van der Waals surface area contributed by atoms with Crippen molar-refractivity contribution >= 4 is 11.8 Å². The molecule has 0 fully saturated rings. The fourth-order valence-electron chi connectivity index (χ4n) is 3.73. The van der Waals surface area contributed by atoms with Crippen LogP contribution in [-0.4, -0.2) is 50.1 Å². The monoisotopic (exact) mass is 494 g/mol. The van der Waals surface area contributed by atoms with Crippen LogP contribution in [-0.2, 0) is 22.6 Å². The molecule has 7 nitrogen and oxygen atoms in total. The Kier molecular flexibility index (Phi) is 9.68. The molecule has 0 saturated carbocycles. The molecule has 0 radical (unpaired) electrons. The fraction of sp³-hybridized carbons (Fsp3) is 0.286. The van der Waals surface area contributed by atoms with E-state index >= 15 is 0 Å². The van der Waals surface area contributed by atoms with Crippen molar-refractivity contribution in [1.29, 1.82) is 0 Å². The number of halogens is 1. The summed E-state index contributed by atoms with van der Waals surface area (Å²) in [7, 11) is 3.04. The van der Waals surface area contributed by atoms with Gasteiger partial charge in [0.1, 0.15) is 29.1 Å². The molecule has 0 aliphatic carbocycles. The third-order valence-electron chi connectivity index (χ3n) is 5.58. The lowest BCUT2D eigenvalue weighted by molar-refractivity contribution is -0.142. The predicted octanol–water partition coefficient (Wildman–Crippen LogP) is 4.00. The summed E-state index contributed by atoms with van der Waals surface area (Å²) in [6.45, 7) is 2.03. The third kappa shape index (κ3) is 7.46. The average molecular weight is 495 g/mol. The zero-order valence-electron chi connectivity index (χ0n) is 20.7. The molecule has 0 spiro atoms. The Morgan fingerprint density at radius 3 is 2.08 bits per heavy atom. The molecule has 1 unspecified atom stereocenters. The number of rotatable bonds is 12. The molecule has 3 aromatic rings. The van der Waals surface area contributed by atoms with Gasteiger partial charge in [0.25, 0.3) is 5.91 Å². The van der Waals surface area contributed by atoms with E-state index < -0.39 is 11.9 Å². The number of hydrogen-bond acceptors (Lipinski definition) is 5. The number of carbonyl (C=O) groups excluding carboxylic acids is 2. The van der Waals surface area contributed by atoms with Crippen molar-refractivity contribution < 1.29 is 28.2 Å². The minimum Gasteiger partial charge on any atom is -0.496 e. The number of carbonyl (C=O) groups is 2. The van der Waals surface area contributed by atoms with Gasteiger partial charge in [-0.2, -0.15) is 0 Å². The van der Waals surface area contributed by atoms with Gasteiger partial charge in [0.15, 0.2) is 6.61 Å². The molecule has 3 aromatic carbocycles. The van der Waals surface area contributed by atoms with E-state index in [2.05, 4.69) is 5.32 Å². The van der Waals surface area contributed by atoms with E-state index in [0.29, 0.717) is 35.8 Å². The SMILES string of the molecule is CCNC(=O)C(Cc1ccccc1)N(Cc1ccc(F)cc1)C(=O)COc1cc(OC)cc(OC)c1. The lowest BCUT2D eigenvalue weighted by atomic mass is 10.0. The maximum atomic E-state index is 13.5. The lowest BCUT2D eigenvalue weighted by Gasteiger charge is -2.31. The van der Waals surface area contributed by atoms with Gasteiger partial charge in [-0.25, -0.2) is 4.39 Å². The van der Waals surface area contributed by atoms with Crippen LogP contribution in [0.5, 0.6) is 17.2 Å². The van der Waals surface area contributed by atoms with Crippen LogP contribution in [0.25, 0.3) is 0 Å². The predicted molar refractivity (Wildman–Crippen MR) is 135 cm³/mol. The average Bonchev–Trinajstić information content (AvgIpc) is 2.90. The summed E-state index contributed by atoms with van der Waals surface area (Å²) in [6, 6.07) is 19.5. The first kappa shape index (κ1) is 26.5. The molecule has 1 N–H and O–H groups in total. The molecule has 190 valence electrons. The number of nitrogens with zero attached hydrogens (tertiary/aromatic N) is 1. The first-order valence-electron chi connectivity index (χ1n) is 11.6. The van der Waals surface area contributed by atoms with E-state index in [4.69, 9.17) is 14.2 Å². The minimum absolute atomic E-state index is 0.110. The van der Waals surface area contributed by atoms with Crippen molar-refractivity contribution in [2.75, 3.05) is 27.4 Å². The Hall–Kier alpha value is -4.07. The standard InChI is InChI=1S/C28H31FN2O5/c1-4-30-28(33)26(14-20-8-6-5-7-9-20)31(18-21-10-12-22(29)13-11-21)27(32)19-36-25-16-23(34-2)15-24(17-25)35-3/h5-13,15-17,26H,4,14,18-19H2,1-3H3,(H,30,33). The van der Waals surface area contributed by atoms with Crippen molar-refractivity contribution in [2.24, 2.45) is 0 Å². The van der Waals surface area contributed by atoms with Crippen molar-refractivity contribution in [3.8, 4) is 17.2 Å². The van der Waals surface area contributed by atoms with Gasteiger partial charge in [0.05, 0.1) is 14.2 Å². The molecule has 0 heterocycles. The first-order valence-corrected chi connectivity index (χ1v) is 11.6. The number of nitrogens with one attached hydrogen (secondary N) is 1. The highest BCUT2D eigenvalue weighted by atomic mass is 19.1. The second-order valence-corrected chi connectivity index (χ2v) is 8.09. The van der Waals surface area contributed by atoms with Crippen LogP contribution < -0.4 is 19.5 Å². The Bertz CT molecular complexity index is 1120. The fourth-order valence-corrected chi connectivity index (χ4v) is 3.73. The Morgan fingerprint density at radius 2 is 1.50 bits per heavy atom. The molecule has 0 aromatic heterocycles. The van der Waals surface area contributed by atoms with Crippen LogP contribution in [0.1, 0.15) is 18.1 Å². The van der Waals surface area contributed by atoms with Crippen molar-refractivity contribution in [2.45, 2.75) is 25.9 Å². The topological polar surface area (TPSA) is 77.1 Å². The summed E-state index contributed by atoms with van der Waals surface area (Å²) in [5.74, 6) is 0.372. The van der Waals surface area contributed by atoms with Crippen LogP contribution in [0, 0.1) is 5.82 Å². The van der Waals surface area contributed by atoms with E-state index in [1.165, 1.54) is 31.3 Å². The second-order valence-electron chi connectivity index (χ2n) is 8.09. The Balaban J connectivity index is 1.89. The molecule has 8 heteroatoms. The van der Waals surface area contributed by atoms with Crippen LogP contribution in [0.4, 0.5) is 4.39 Å². The van der Waals surface area contributed by atoms with Gasteiger partial charge >= 0.3 is 0 Å². The summed E-state index contributed by atoms with van der Waals surface area (Å²) >= 11 is 0. The molecule has 0 bridgehead atoms. The van der Waals surface area contributed by atoms with Crippen LogP contribution in [0.2, 0.25) is 0 Å². The first-order chi connectivity index (χ1) is 17.4. The molecule has 1 atom stereocenters. The Morgan fingerprint density at radius 1 is 0.889 bits per heavy atom. The van der Waals surface area contributed by atoms with Gasteiger partial charge in [-0.05, 0) is 30.2 Å². The van der Waals surface area contributed by atoms with Crippen LogP contribution in [0.3, 0.4) is 0 Å². The molecule has 0 aliphatic heterocycles. The molecule has 0 saturated heterocycles. The quantitative estimate of drug-likeness (QED) is 0.412. The van der Waals surface area contributed by atoms with Gasteiger partial charge in [-0.3, -0.25) is 9.59 Å². The van der Waals surface area contributed by atoms with Gasteiger partial charge in [-0.15, -0.1) is 0 Å². The Labute approximate surface area is 210 Å². The van der Waals surface area contributed by atoms with E-state index in [1.807, 2.05) is 37.3 Å². The van der Waals surface area contributed by atoms with E-state index in [-0.39, 0.29) is 24.9 Å². The summed E-state index contributed by atoms with van der Waals surface area (Å²) in [5, 5.41) is 2.83. The highest BCUT2D eigenvalue weighted by Crippen LogP contribution is 2.27. The molecule has 0 aliphatic rings. The zero-order valence-corrected chi connectivity index (χ0v) is 20.7. The lowest BCUT2D eigenvalue weighted by Crippen LogP contribution is -2.51. The second kappa shape index (κ2) is 13.1. The highest BCUT2D eigenvalue weighted by Gasteiger charge is 2.30. The number of ether oxygens (including phenoxy) is 3. The van der Waals surface area contributed by atoms with Crippen molar-refractivity contribution in [1.82, 2.24) is 10.2 Å². The van der Waals surface area contributed by atoms with Crippen LogP contribution in [0.15, 0.2) is 72.8 Å². The maximum Gasteiger partial charge on any atom is 0.261 e. The van der Waals surface area contributed by atoms with Gasteiger partial charge in [-0.1, -0.05) is 42.5 Å². The third-order valence-corrected chi connectivity index (χ3v) is 5.58. The van der Waals surface area contributed by atoms with E-state index in [1.54, 1.807) is 30.3 Å². The summed E-state index contributed by atoms with van der Waals surface area (Å²) in [6.07, 6.45) is 0.312. The van der Waals surface area contributed by atoms with Gasteiger partial charge in [0, 0.05) is 37.7 Å². The number of amides is 2. The van der Waals surface area contributed by atoms with Gasteiger partial charge in [0.2, 0.25) is 5.91 Å². The molecule has 36 heavy (non-hydrogen) atoms. The number of likely N-dealkylation sites (N-methyl/N-ethyl adjacent to an activating group) is 1. The van der Waals surface area contributed by atoms with E-state index in [0.717, 1.165) is 5.56 Å². The summed E-state index contributed by atoms with van der Waals surface area (Å²) < 4.78 is 29.8. The normalized spacial score (nSPS) is 11.3. The maximum absolute atomic E-state index is 13.5. The molecule has 3 rings (SSSR count). The van der Waals surface area contributed by atoms with Crippen LogP contribution >= 0.6 is 0 Å². The minimum atomic E-state index is -0.798. The molecular weight excluding hydrogens is 463 g/mol. The van der Waals surface area contributed by atoms with Crippen molar-refractivity contribution in [3.05, 3.63) is 89.7 Å².